The second kappa shape index (κ2) is 4.64. The molecule has 1 heterocycles. The van der Waals surface area contributed by atoms with E-state index >= 15 is 0 Å². The van der Waals surface area contributed by atoms with Gasteiger partial charge in [0, 0.05) is 6.07 Å². The van der Waals surface area contributed by atoms with E-state index in [4.69, 9.17) is 10.5 Å². The number of nitrogens with two attached hydrogens (primary N) is 1. The Morgan fingerprint density at radius 3 is 2.28 bits per heavy atom. The number of nitrogens with zero attached hydrogens (tertiary/aromatic N) is 2. The van der Waals surface area contributed by atoms with E-state index in [2.05, 4.69) is 42.9 Å². The maximum absolute atomic E-state index is 5.60. The predicted octanol–water partition coefficient (Wildman–Crippen LogP) is 3.15. The minimum atomic E-state index is 0.137. The summed E-state index contributed by atoms with van der Waals surface area (Å²) in [5.74, 6) is 1.58. The Morgan fingerprint density at radius 2 is 1.72 bits per heavy atom. The van der Waals surface area contributed by atoms with Crippen LogP contribution in [0.2, 0.25) is 0 Å². The van der Waals surface area contributed by atoms with Crippen LogP contribution in [0.4, 0.5) is 5.82 Å². The van der Waals surface area contributed by atoms with Gasteiger partial charge < -0.3 is 10.5 Å². The fraction of sp³-hybridized carbons (Fsp3) is 0.286. The van der Waals surface area contributed by atoms with Crippen molar-refractivity contribution in [2.45, 2.75) is 26.2 Å². The Kier molecular flexibility index (Phi) is 3.19. The lowest BCUT2D eigenvalue weighted by Gasteiger charge is -2.19. The summed E-state index contributed by atoms with van der Waals surface area (Å²) < 4.78 is 5.60. The van der Waals surface area contributed by atoms with Gasteiger partial charge in [-0.1, -0.05) is 32.9 Å². The fourth-order valence-corrected chi connectivity index (χ4v) is 1.55. The van der Waals surface area contributed by atoms with E-state index in [1.165, 1.54) is 11.9 Å². The van der Waals surface area contributed by atoms with Crippen LogP contribution in [0.25, 0.3) is 0 Å². The highest BCUT2D eigenvalue weighted by Crippen LogP contribution is 2.26. The number of aromatic nitrogens is 2. The molecule has 0 amide bonds. The average molecular weight is 243 g/mol. The molecule has 0 aliphatic heterocycles. The molecule has 0 saturated heterocycles. The van der Waals surface area contributed by atoms with Crippen molar-refractivity contribution in [2.75, 3.05) is 5.73 Å². The third-order valence-electron chi connectivity index (χ3n) is 2.61. The summed E-state index contributed by atoms with van der Waals surface area (Å²) in [5, 5.41) is 0. The molecule has 0 aliphatic rings. The molecule has 1 aromatic heterocycles. The summed E-state index contributed by atoms with van der Waals surface area (Å²) in [7, 11) is 0. The second-order valence-corrected chi connectivity index (χ2v) is 5.16. The van der Waals surface area contributed by atoms with Gasteiger partial charge >= 0.3 is 0 Å². The Labute approximate surface area is 107 Å². The van der Waals surface area contributed by atoms with Crippen LogP contribution in [0.5, 0.6) is 11.6 Å². The number of hydrogen-bond donors (Lipinski definition) is 1. The summed E-state index contributed by atoms with van der Waals surface area (Å²) in [6, 6.07) is 9.56. The second-order valence-electron chi connectivity index (χ2n) is 5.16. The molecule has 2 N–H and O–H groups in total. The highest BCUT2D eigenvalue weighted by Gasteiger charge is 2.13. The van der Waals surface area contributed by atoms with Crippen LogP contribution in [0.15, 0.2) is 36.7 Å². The molecule has 2 aromatic rings. The van der Waals surface area contributed by atoms with Crippen LogP contribution < -0.4 is 10.5 Å². The summed E-state index contributed by atoms with van der Waals surface area (Å²) in [4.78, 5) is 7.81. The van der Waals surface area contributed by atoms with Crippen LogP contribution in [-0.4, -0.2) is 9.97 Å². The van der Waals surface area contributed by atoms with Crippen molar-refractivity contribution in [3.8, 4) is 11.6 Å². The average Bonchev–Trinajstić information content (AvgIpc) is 2.28. The maximum atomic E-state index is 5.60. The zero-order valence-electron chi connectivity index (χ0n) is 10.8. The molecule has 0 unspecified atom stereocenters. The molecular weight excluding hydrogens is 226 g/mol. The zero-order chi connectivity index (χ0) is 13.2. The van der Waals surface area contributed by atoms with Crippen molar-refractivity contribution >= 4 is 5.82 Å². The SMILES string of the molecule is CC(C)(C)c1ccc(Oc2cc(N)ncn2)cc1. The molecule has 1 aromatic carbocycles. The summed E-state index contributed by atoms with van der Waals surface area (Å²) in [5.41, 5.74) is 6.96. The van der Waals surface area contributed by atoms with E-state index in [0.717, 1.165) is 5.75 Å². The van der Waals surface area contributed by atoms with Gasteiger partial charge in [-0.05, 0) is 23.1 Å². The number of ether oxygens (including phenoxy) is 1. The van der Waals surface area contributed by atoms with Crippen LogP contribution in [0, 0.1) is 0 Å². The van der Waals surface area contributed by atoms with Gasteiger partial charge in [0.05, 0.1) is 0 Å². The lowest BCUT2D eigenvalue weighted by molar-refractivity contribution is 0.461. The van der Waals surface area contributed by atoms with E-state index < -0.39 is 0 Å². The van der Waals surface area contributed by atoms with E-state index in [1.54, 1.807) is 6.07 Å². The van der Waals surface area contributed by atoms with Crippen molar-refractivity contribution in [3.63, 3.8) is 0 Å². The third-order valence-corrected chi connectivity index (χ3v) is 2.61. The largest absolute Gasteiger partial charge is 0.439 e. The summed E-state index contributed by atoms with van der Waals surface area (Å²) in [6.45, 7) is 6.52. The minimum Gasteiger partial charge on any atom is -0.439 e. The van der Waals surface area contributed by atoms with E-state index in [0.29, 0.717) is 11.7 Å². The molecule has 0 saturated carbocycles. The lowest BCUT2D eigenvalue weighted by atomic mass is 9.87. The van der Waals surface area contributed by atoms with Crippen LogP contribution in [0.3, 0.4) is 0 Å². The van der Waals surface area contributed by atoms with Crippen molar-refractivity contribution in [1.29, 1.82) is 0 Å². The van der Waals surface area contributed by atoms with Gasteiger partial charge in [-0.15, -0.1) is 0 Å². The summed E-state index contributed by atoms with van der Waals surface area (Å²) >= 11 is 0. The first kappa shape index (κ1) is 12.4. The van der Waals surface area contributed by atoms with Gasteiger partial charge in [-0.3, -0.25) is 0 Å². The number of hydrogen-bond acceptors (Lipinski definition) is 4. The Morgan fingerprint density at radius 1 is 1.06 bits per heavy atom. The highest BCUT2D eigenvalue weighted by molar-refractivity contribution is 5.36. The molecule has 2 rings (SSSR count). The first-order chi connectivity index (χ1) is 8.45. The smallest absolute Gasteiger partial charge is 0.224 e. The van der Waals surface area contributed by atoms with Crippen LogP contribution in [0.1, 0.15) is 26.3 Å². The van der Waals surface area contributed by atoms with Crippen LogP contribution in [-0.2, 0) is 5.41 Å². The maximum Gasteiger partial charge on any atom is 0.224 e. The molecule has 0 spiro atoms. The first-order valence-electron chi connectivity index (χ1n) is 5.81. The van der Waals surface area contributed by atoms with Gasteiger partial charge in [0.25, 0.3) is 0 Å². The van der Waals surface area contributed by atoms with Gasteiger partial charge in [-0.2, -0.15) is 0 Å². The number of anilines is 1. The Bertz CT molecular complexity index is 529. The van der Waals surface area contributed by atoms with Crippen molar-refractivity contribution < 1.29 is 4.74 Å². The highest BCUT2D eigenvalue weighted by atomic mass is 16.5. The quantitative estimate of drug-likeness (QED) is 0.880. The van der Waals surface area contributed by atoms with Crippen LogP contribution >= 0.6 is 0 Å². The summed E-state index contributed by atoms with van der Waals surface area (Å²) in [6.07, 6.45) is 1.38. The van der Waals surface area contributed by atoms with Gasteiger partial charge in [0.2, 0.25) is 5.88 Å². The minimum absolute atomic E-state index is 0.137. The molecule has 0 radical (unpaired) electrons. The number of rotatable bonds is 2. The monoisotopic (exact) mass is 243 g/mol. The topological polar surface area (TPSA) is 61.0 Å². The molecule has 0 bridgehead atoms. The fourth-order valence-electron chi connectivity index (χ4n) is 1.55. The van der Waals surface area contributed by atoms with E-state index in [-0.39, 0.29) is 5.41 Å². The normalized spacial score (nSPS) is 11.3. The first-order valence-corrected chi connectivity index (χ1v) is 5.81. The molecule has 0 atom stereocenters. The van der Waals surface area contributed by atoms with E-state index in [9.17, 15) is 0 Å². The van der Waals surface area contributed by atoms with Crippen molar-refractivity contribution in [3.05, 3.63) is 42.2 Å². The molecule has 0 fully saturated rings. The van der Waals surface area contributed by atoms with Crippen molar-refractivity contribution in [2.24, 2.45) is 0 Å². The Hall–Kier alpha value is -2.10. The van der Waals surface area contributed by atoms with Gasteiger partial charge in [0.1, 0.15) is 17.9 Å². The molecule has 4 nitrogen and oxygen atoms in total. The van der Waals surface area contributed by atoms with Gasteiger partial charge in [-0.25, -0.2) is 9.97 Å². The van der Waals surface area contributed by atoms with Crippen molar-refractivity contribution in [1.82, 2.24) is 9.97 Å². The zero-order valence-corrected chi connectivity index (χ0v) is 10.8. The molecule has 18 heavy (non-hydrogen) atoms. The van der Waals surface area contributed by atoms with E-state index in [1.807, 2.05) is 12.1 Å². The number of benzene rings is 1. The molecule has 94 valence electrons. The Balaban J connectivity index is 2.16. The standard InChI is InChI=1S/C14H17N3O/c1-14(2,3)10-4-6-11(7-5-10)18-13-8-12(15)16-9-17-13/h4-9H,1-3H3,(H2,15,16,17). The molecule has 4 heteroatoms. The number of nitrogen functional groups attached to an aromatic ring is 1. The van der Waals surface area contributed by atoms with Gasteiger partial charge in [0.15, 0.2) is 0 Å². The predicted molar refractivity (Wildman–Crippen MR) is 71.7 cm³/mol. The molecule has 0 aliphatic carbocycles. The third kappa shape index (κ3) is 2.97. The molecular formula is C14H17N3O. The lowest BCUT2D eigenvalue weighted by Crippen LogP contribution is -2.10.